The second-order valence-corrected chi connectivity index (χ2v) is 7.47. The third-order valence-corrected chi connectivity index (χ3v) is 4.74. The number of hydrogen-bond donors (Lipinski definition) is 1. The molecular weight excluding hydrogens is 354 g/mol. The Morgan fingerprint density at radius 1 is 1.26 bits per heavy atom. The van der Waals surface area contributed by atoms with Crippen LogP contribution in [0.1, 0.15) is 47.8 Å². The Balaban J connectivity index is 1.91. The first-order valence-electron chi connectivity index (χ1n) is 7.71. The molecule has 0 spiro atoms. The number of ether oxygens (including phenoxy) is 1. The molecule has 2 aromatic carbocycles. The van der Waals surface area contributed by atoms with E-state index in [4.69, 9.17) is 4.74 Å². The monoisotopic (exact) mass is 373 g/mol. The average molecular weight is 374 g/mol. The number of carbonyl (C=O) groups is 1. The van der Waals surface area contributed by atoms with E-state index in [2.05, 4.69) is 41.2 Å². The summed E-state index contributed by atoms with van der Waals surface area (Å²) in [5, 5.41) is 3.16. The van der Waals surface area contributed by atoms with Crippen molar-refractivity contribution in [1.82, 2.24) is 5.32 Å². The van der Waals surface area contributed by atoms with E-state index in [0.717, 1.165) is 27.8 Å². The van der Waals surface area contributed by atoms with Gasteiger partial charge in [-0.25, -0.2) is 0 Å². The zero-order chi connectivity index (χ0) is 16.6. The lowest BCUT2D eigenvalue weighted by Gasteiger charge is -2.38. The summed E-state index contributed by atoms with van der Waals surface area (Å²) < 4.78 is 6.88. The van der Waals surface area contributed by atoms with Gasteiger partial charge >= 0.3 is 0 Å². The number of benzene rings is 2. The van der Waals surface area contributed by atoms with Crippen LogP contribution in [-0.2, 0) is 0 Å². The lowest BCUT2D eigenvalue weighted by molar-refractivity contribution is 0.0619. The molecular formula is C19H20BrNO2. The van der Waals surface area contributed by atoms with Crippen molar-refractivity contribution >= 4 is 21.8 Å². The largest absolute Gasteiger partial charge is 0.487 e. The van der Waals surface area contributed by atoms with Crippen LogP contribution in [0.3, 0.4) is 0 Å². The maximum Gasteiger partial charge on any atom is 0.252 e. The van der Waals surface area contributed by atoms with Crippen molar-refractivity contribution in [3.63, 3.8) is 0 Å². The molecule has 3 nitrogen and oxygen atoms in total. The standard InChI is InChI=1S/C19H20BrNO2/c1-12-8-9-14-16(11-19(2,3)23-17(14)10-12)21-18(22)13-6-4-5-7-15(13)20/h4-10,16H,11H2,1-3H3,(H,21,22)/t16-/m1/s1. The first-order valence-corrected chi connectivity index (χ1v) is 8.50. The van der Waals surface area contributed by atoms with E-state index in [-0.39, 0.29) is 17.6 Å². The number of rotatable bonds is 2. The number of aryl methyl sites for hydroxylation is 1. The Kier molecular flexibility index (Phi) is 4.19. The maximum atomic E-state index is 12.6. The van der Waals surface area contributed by atoms with Gasteiger partial charge in [-0.15, -0.1) is 0 Å². The number of amides is 1. The van der Waals surface area contributed by atoms with Gasteiger partial charge < -0.3 is 10.1 Å². The normalized spacial score (nSPS) is 18.7. The van der Waals surface area contributed by atoms with Crippen LogP contribution in [0.2, 0.25) is 0 Å². The van der Waals surface area contributed by atoms with Crippen molar-refractivity contribution in [3.05, 3.63) is 63.6 Å². The Morgan fingerprint density at radius 2 is 2.00 bits per heavy atom. The summed E-state index contributed by atoms with van der Waals surface area (Å²) in [7, 11) is 0. The smallest absolute Gasteiger partial charge is 0.252 e. The van der Waals surface area contributed by atoms with Gasteiger partial charge in [0.15, 0.2) is 0 Å². The van der Waals surface area contributed by atoms with Crippen molar-refractivity contribution in [2.75, 3.05) is 0 Å². The Bertz CT molecular complexity index is 755. The van der Waals surface area contributed by atoms with Crippen molar-refractivity contribution in [3.8, 4) is 5.75 Å². The molecule has 2 aromatic rings. The molecule has 0 aromatic heterocycles. The van der Waals surface area contributed by atoms with Crippen LogP contribution >= 0.6 is 15.9 Å². The molecule has 0 radical (unpaired) electrons. The zero-order valence-electron chi connectivity index (χ0n) is 13.5. The molecule has 0 fully saturated rings. The molecule has 120 valence electrons. The van der Waals surface area contributed by atoms with Gasteiger partial charge in [-0.05, 0) is 60.5 Å². The first-order chi connectivity index (χ1) is 10.9. The van der Waals surface area contributed by atoms with E-state index in [1.807, 2.05) is 43.3 Å². The topological polar surface area (TPSA) is 38.3 Å². The minimum atomic E-state index is -0.313. The van der Waals surface area contributed by atoms with Crippen LogP contribution in [0.4, 0.5) is 0 Å². The molecule has 0 aliphatic carbocycles. The van der Waals surface area contributed by atoms with Crippen molar-refractivity contribution in [2.45, 2.75) is 38.8 Å². The SMILES string of the molecule is Cc1ccc2c(c1)OC(C)(C)C[C@H]2NC(=O)c1ccccc1Br. The number of fused-ring (bicyclic) bond motifs is 1. The Hall–Kier alpha value is -1.81. The molecule has 1 aliphatic heterocycles. The molecule has 3 rings (SSSR count). The van der Waals surface area contributed by atoms with E-state index in [1.165, 1.54) is 0 Å². The molecule has 0 unspecified atom stereocenters. The third-order valence-electron chi connectivity index (χ3n) is 4.05. The summed E-state index contributed by atoms with van der Waals surface area (Å²) in [5.74, 6) is 0.783. The average Bonchev–Trinajstić information content (AvgIpc) is 2.45. The van der Waals surface area contributed by atoms with Gasteiger partial charge in [0.2, 0.25) is 0 Å². The molecule has 23 heavy (non-hydrogen) atoms. The third kappa shape index (κ3) is 3.42. The van der Waals surface area contributed by atoms with Gasteiger partial charge in [0.05, 0.1) is 11.6 Å². The van der Waals surface area contributed by atoms with Gasteiger partial charge in [-0.1, -0.05) is 24.3 Å². The quantitative estimate of drug-likeness (QED) is 0.821. The summed E-state index contributed by atoms with van der Waals surface area (Å²) in [6.07, 6.45) is 0.735. The molecule has 1 N–H and O–H groups in total. The highest BCUT2D eigenvalue weighted by Crippen LogP contribution is 2.40. The second-order valence-electron chi connectivity index (χ2n) is 6.61. The highest BCUT2D eigenvalue weighted by atomic mass is 79.9. The lowest BCUT2D eigenvalue weighted by atomic mass is 9.89. The zero-order valence-corrected chi connectivity index (χ0v) is 15.1. The summed E-state index contributed by atoms with van der Waals surface area (Å²) in [4.78, 5) is 12.6. The Labute approximate surface area is 145 Å². The highest BCUT2D eigenvalue weighted by molar-refractivity contribution is 9.10. The van der Waals surface area contributed by atoms with Gasteiger partial charge in [0.1, 0.15) is 11.4 Å². The van der Waals surface area contributed by atoms with Crippen LogP contribution in [0, 0.1) is 6.92 Å². The molecule has 1 amide bonds. The molecule has 1 aliphatic rings. The van der Waals surface area contributed by atoms with Crippen LogP contribution in [-0.4, -0.2) is 11.5 Å². The summed E-state index contributed by atoms with van der Waals surface area (Å²) in [6, 6.07) is 13.5. The summed E-state index contributed by atoms with van der Waals surface area (Å²) in [5.41, 5.74) is 2.52. The predicted molar refractivity (Wildman–Crippen MR) is 94.9 cm³/mol. The number of halogens is 1. The van der Waals surface area contributed by atoms with E-state index >= 15 is 0 Å². The maximum absolute atomic E-state index is 12.6. The predicted octanol–water partition coefficient (Wildman–Crippen LogP) is 4.79. The van der Waals surface area contributed by atoms with E-state index in [0.29, 0.717) is 5.56 Å². The van der Waals surface area contributed by atoms with Gasteiger partial charge in [-0.3, -0.25) is 4.79 Å². The second kappa shape index (κ2) is 6.00. The fourth-order valence-electron chi connectivity index (χ4n) is 2.97. The number of carbonyl (C=O) groups excluding carboxylic acids is 1. The van der Waals surface area contributed by atoms with E-state index in [1.54, 1.807) is 0 Å². The molecule has 0 saturated heterocycles. The van der Waals surface area contributed by atoms with Crippen LogP contribution < -0.4 is 10.1 Å². The molecule has 1 atom stereocenters. The van der Waals surface area contributed by atoms with Gasteiger partial charge in [0.25, 0.3) is 5.91 Å². The molecule has 1 heterocycles. The van der Waals surface area contributed by atoms with Crippen LogP contribution in [0.25, 0.3) is 0 Å². The minimum absolute atomic E-state index is 0.0612. The summed E-state index contributed by atoms with van der Waals surface area (Å²) in [6.45, 7) is 6.14. The highest BCUT2D eigenvalue weighted by Gasteiger charge is 2.34. The van der Waals surface area contributed by atoms with Gasteiger partial charge in [-0.2, -0.15) is 0 Å². The molecule has 0 bridgehead atoms. The van der Waals surface area contributed by atoms with E-state index < -0.39 is 0 Å². The Morgan fingerprint density at radius 3 is 2.74 bits per heavy atom. The number of hydrogen-bond acceptors (Lipinski definition) is 2. The first kappa shape index (κ1) is 16.1. The molecule has 0 saturated carbocycles. The molecule has 4 heteroatoms. The van der Waals surface area contributed by atoms with Crippen molar-refractivity contribution < 1.29 is 9.53 Å². The van der Waals surface area contributed by atoms with Gasteiger partial charge in [0, 0.05) is 16.5 Å². The number of nitrogens with one attached hydrogen (secondary N) is 1. The van der Waals surface area contributed by atoms with E-state index in [9.17, 15) is 4.79 Å². The van der Waals surface area contributed by atoms with Crippen molar-refractivity contribution in [2.24, 2.45) is 0 Å². The minimum Gasteiger partial charge on any atom is -0.487 e. The van der Waals surface area contributed by atoms with Crippen LogP contribution in [0.5, 0.6) is 5.75 Å². The van der Waals surface area contributed by atoms with Crippen LogP contribution in [0.15, 0.2) is 46.9 Å². The fraction of sp³-hybridized carbons (Fsp3) is 0.316. The lowest BCUT2D eigenvalue weighted by Crippen LogP contribution is -2.41. The fourth-order valence-corrected chi connectivity index (χ4v) is 3.43. The van der Waals surface area contributed by atoms with Crippen molar-refractivity contribution in [1.29, 1.82) is 0 Å². The summed E-state index contributed by atoms with van der Waals surface area (Å²) >= 11 is 3.44.